The van der Waals surface area contributed by atoms with E-state index in [1.54, 1.807) is 4.90 Å². The molecule has 3 aliphatic rings. The molecule has 0 radical (unpaired) electrons. The second-order valence-corrected chi connectivity index (χ2v) is 8.05. The monoisotopic (exact) mass is 372 g/mol. The molecule has 1 unspecified atom stereocenters. The molecule has 3 aliphatic heterocycles. The van der Waals surface area contributed by atoms with Crippen molar-refractivity contribution in [3.8, 4) is 0 Å². The number of carbonyl (C=O) groups excluding carboxylic acids is 2. The van der Waals surface area contributed by atoms with Gasteiger partial charge in [-0.15, -0.1) is 0 Å². The predicted molar refractivity (Wildman–Crippen MR) is 101 cm³/mol. The summed E-state index contributed by atoms with van der Waals surface area (Å²) in [5, 5.41) is 0. The summed E-state index contributed by atoms with van der Waals surface area (Å²) >= 11 is 0. The lowest BCUT2D eigenvalue weighted by Crippen LogP contribution is -2.49. The minimum absolute atomic E-state index is 0.0392. The predicted octanol–water partition coefficient (Wildman–Crippen LogP) is 2.53. The summed E-state index contributed by atoms with van der Waals surface area (Å²) in [7, 11) is 0. The first-order valence-electron chi connectivity index (χ1n) is 9.95. The van der Waals surface area contributed by atoms with Crippen molar-refractivity contribution >= 4 is 17.5 Å². The molecule has 1 atom stereocenters. The zero-order valence-electron chi connectivity index (χ0n) is 16.1. The average Bonchev–Trinajstić information content (AvgIpc) is 3.29. The molecule has 3 heterocycles. The van der Waals surface area contributed by atoms with Gasteiger partial charge in [0, 0.05) is 44.6 Å². The standard InChI is InChI=1S/C21H28N2O4/c1-15(2)17-5-3-4-6-18(17)23-14-16(13-19(23)24)20(25)22-9-7-21(8-10-22)26-11-12-27-21/h3-6,15-16H,7-14H2,1-2H3. The lowest BCUT2D eigenvalue weighted by atomic mass is 10.00. The molecule has 1 aromatic carbocycles. The second-order valence-electron chi connectivity index (χ2n) is 8.05. The number of hydrogen-bond donors (Lipinski definition) is 0. The fourth-order valence-electron chi connectivity index (χ4n) is 4.44. The summed E-state index contributed by atoms with van der Waals surface area (Å²) in [6.07, 6.45) is 1.71. The molecule has 0 saturated carbocycles. The van der Waals surface area contributed by atoms with Gasteiger partial charge in [0.2, 0.25) is 11.8 Å². The normalized spacial score (nSPS) is 25.0. The molecule has 6 nitrogen and oxygen atoms in total. The van der Waals surface area contributed by atoms with Crippen LogP contribution in [0.25, 0.3) is 0 Å². The first-order chi connectivity index (χ1) is 13.0. The smallest absolute Gasteiger partial charge is 0.228 e. The molecule has 27 heavy (non-hydrogen) atoms. The third kappa shape index (κ3) is 3.48. The minimum atomic E-state index is -0.482. The molecule has 2 amide bonds. The Labute approximate surface area is 160 Å². The van der Waals surface area contributed by atoms with E-state index in [4.69, 9.17) is 9.47 Å². The van der Waals surface area contributed by atoms with Gasteiger partial charge in [-0.3, -0.25) is 9.59 Å². The Bertz CT molecular complexity index is 717. The topological polar surface area (TPSA) is 59.1 Å². The van der Waals surface area contributed by atoms with Gasteiger partial charge in [-0.05, 0) is 17.5 Å². The summed E-state index contributed by atoms with van der Waals surface area (Å²) in [6, 6.07) is 8.00. The molecule has 4 rings (SSSR count). The summed E-state index contributed by atoms with van der Waals surface area (Å²) in [5.41, 5.74) is 2.09. The van der Waals surface area contributed by atoms with Crippen molar-refractivity contribution < 1.29 is 19.1 Å². The van der Waals surface area contributed by atoms with Gasteiger partial charge in [0.1, 0.15) is 0 Å². The molecule has 0 aromatic heterocycles. The molecule has 6 heteroatoms. The molecule has 0 N–H and O–H groups in total. The summed E-state index contributed by atoms with van der Waals surface area (Å²) in [4.78, 5) is 29.4. The number of piperidine rings is 1. The Morgan fingerprint density at radius 2 is 1.81 bits per heavy atom. The number of anilines is 1. The number of amides is 2. The molecular weight excluding hydrogens is 344 g/mol. The zero-order chi connectivity index (χ0) is 19.0. The first kappa shape index (κ1) is 18.4. The Hall–Kier alpha value is -1.92. The number of ether oxygens (including phenoxy) is 2. The van der Waals surface area contributed by atoms with Crippen LogP contribution in [0.3, 0.4) is 0 Å². The van der Waals surface area contributed by atoms with Crippen LogP contribution in [-0.4, -0.2) is 55.3 Å². The largest absolute Gasteiger partial charge is 0.347 e. The van der Waals surface area contributed by atoms with E-state index in [0.29, 0.717) is 58.0 Å². The minimum Gasteiger partial charge on any atom is -0.347 e. The molecule has 1 aromatic rings. The summed E-state index contributed by atoms with van der Waals surface area (Å²) in [6.45, 7) is 7.25. The Kier molecular flexibility index (Phi) is 4.95. The van der Waals surface area contributed by atoms with Crippen LogP contribution in [-0.2, 0) is 19.1 Å². The van der Waals surface area contributed by atoms with E-state index >= 15 is 0 Å². The van der Waals surface area contributed by atoms with Gasteiger partial charge in [0.15, 0.2) is 5.79 Å². The molecule has 3 fully saturated rings. The van der Waals surface area contributed by atoms with Gasteiger partial charge in [0.05, 0.1) is 19.1 Å². The summed E-state index contributed by atoms with van der Waals surface area (Å²) in [5.74, 6) is -0.298. The van der Waals surface area contributed by atoms with E-state index in [1.165, 1.54) is 0 Å². The number of rotatable bonds is 3. The highest BCUT2D eigenvalue weighted by Crippen LogP contribution is 2.35. The van der Waals surface area contributed by atoms with E-state index in [0.717, 1.165) is 11.3 Å². The molecule has 146 valence electrons. The van der Waals surface area contributed by atoms with E-state index in [2.05, 4.69) is 19.9 Å². The van der Waals surface area contributed by atoms with Crippen molar-refractivity contribution in [2.24, 2.45) is 5.92 Å². The third-order valence-electron chi connectivity index (χ3n) is 5.97. The van der Waals surface area contributed by atoms with E-state index in [1.807, 2.05) is 23.1 Å². The van der Waals surface area contributed by atoms with Crippen molar-refractivity contribution in [1.29, 1.82) is 0 Å². The molecule has 1 spiro atoms. The third-order valence-corrected chi connectivity index (χ3v) is 5.97. The SMILES string of the molecule is CC(C)c1ccccc1N1CC(C(=O)N2CCC3(CC2)OCCO3)CC1=O. The van der Waals surface area contributed by atoms with Crippen LogP contribution in [0.5, 0.6) is 0 Å². The van der Waals surface area contributed by atoms with Gasteiger partial charge in [-0.2, -0.15) is 0 Å². The van der Waals surface area contributed by atoms with Crippen molar-refractivity contribution in [2.45, 2.75) is 44.8 Å². The lowest BCUT2D eigenvalue weighted by molar-refractivity contribution is -0.188. The van der Waals surface area contributed by atoms with Crippen molar-refractivity contribution in [2.75, 3.05) is 37.7 Å². The van der Waals surface area contributed by atoms with Gasteiger partial charge in [0.25, 0.3) is 0 Å². The molecule has 0 aliphatic carbocycles. The number of nitrogens with zero attached hydrogens (tertiary/aromatic N) is 2. The Morgan fingerprint density at radius 1 is 1.15 bits per heavy atom. The molecule has 3 saturated heterocycles. The maximum absolute atomic E-state index is 13.0. The van der Waals surface area contributed by atoms with Gasteiger partial charge in [-0.1, -0.05) is 32.0 Å². The van der Waals surface area contributed by atoms with E-state index in [-0.39, 0.29) is 17.7 Å². The first-order valence-corrected chi connectivity index (χ1v) is 9.95. The maximum atomic E-state index is 13.0. The van der Waals surface area contributed by atoms with E-state index in [9.17, 15) is 9.59 Å². The number of para-hydroxylation sites is 1. The van der Waals surface area contributed by atoms with Crippen molar-refractivity contribution in [3.05, 3.63) is 29.8 Å². The average molecular weight is 372 g/mol. The second kappa shape index (κ2) is 7.24. The maximum Gasteiger partial charge on any atom is 0.228 e. The number of carbonyl (C=O) groups is 2. The van der Waals surface area contributed by atoms with Crippen molar-refractivity contribution in [1.82, 2.24) is 4.90 Å². The van der Waals surface area contributed by atoms with Crippen LogP contribution in [0.2, 0.25) is 0 Å². The Balaban J connectivity index is 1.43. The van der Waals surface area contributed by atoms with E-state index < -0.39 is 5.79 Å². The van der Waals surface area contributed by atoms with Crippen LogP contribution >= 0.6 is 0 Å². The van der Waals surface area contributed by atoms with Crippen molar-refractivity contribution in [3.63, 3.8) is 0 Å². The number of benzene rings is 1. The van der Waals surface area contributed by atoms with Gasteiger partial charge >= 0.3 is 0 Å². The highest BCUT2D eigenvalue weighted by atomic mass is 16.7. The van der Waals surface area contributed by atoms with Crippen LogP contribution in [0, 0.1) is 5.92 Å². The van der Waals surface area contributed by atoms with Crippen LogP contribution in [0.15, 0.2) is 24.3 Å². The van der Waals surface area contributed by atoms with Crippen LogP contribution < -0.4 is 4.90 Å². The highest BCUT2D eigenvalue weighted by Gasteiger charge is 2.43. The highest BCUT2D eigenvalue weighted by molar-refractivity contribution is 6.00. The molecule has 0 bridgehead atoms. The Morgan fingerprint density at radius 3 is 2.48 bits per heavy atom. The summed E-state index contributed by atoms with van der Waals surface area (Å²) < 4.78 is 11.5. The lowest BCUT2D eigenvalue weighted by Gasteiger charge is -2.38. The zero-order valence-corrected chi connectivity index (χ0v) is 16.1. The van der Waals surface area contributed by atoms with Gasteiger partial charge in [-0.25, -0.2) is 0 Å². The quantitative estimate of drug-likeness (QED) is 0.818. The molecular formula is C21H28N2O4. The van der Waals surface area contributed by atoms with Crippen LogP contribution in [0.1, 0.15) is 44.6 Å². The van der Waals surface area contributed by atoms with Crippen LogP contribution in [0.4, 0.5) is 5.69 Å². The number of hydrogen-bond acceptors (Lipinski definition) is 4. The fraction of sp³-hybridized carbons (Fsp3) is 0.619. The number of likely N-dealkylation sites (tertiary alicyclic amines) is 1. The van der Waals surface area contributed by atoms with Gasteiger partial charge < -0.3 is 19.3 Å². The fourth-order valence-corrected chi connectivity index (χ4v) is 4.44.